The standard InChI is InChI=1S/C12H9NO3S/c1-15-8-3-4-9-10(7-8)17-11(13-9)5-6-12(14)16-2/h3-4,7H,1-2H3. The van der Waals surface area contributed by atoms with Gasteiger partial charge in [-0.25, -0.2) is 9.78 Å². The minimum Gasteiger partial charge on any atom is -0.497 e. The van der Waals surface area contributed by atoms with Gasteiger partial charge in [-0.1, -0.05) is 0 Å². The molecule has 0 aliphatic carbocycles. The van der Waals surface area contributed by atoms with Crippen molar-refractivity contribution < 1.29 is 14.3 Å². The average molecular weight is 247 g/mol. The fourth-order valence-electron chi connectivity index (χ4n) is 1.24. The number of aromatic nitrogens is 1. The van der Waals surface area contributed by atoms with E-state index in [2.05, 4.69) is 21.6 Å². The number of ether oxygens (including phenoxy) is 2. The molecule has 4 nitrogen and oxygen atoms in total. The van der Waals surface area contributed by atoms with Crippen LogP contribution in [0, 0.1) is 11.8 Å². The molecule has 0 bridgehead atoms. The monoisotopic (exact) mass is 247 g/mol. The molecule has 0 aliphatic heterocycles. The lowest BCUT2D eigenvalue weighted by Crippen LogP contribution is -1.94. The minimum atomic E-state index is -0.568. The van der Waals surface area contributed by atoms with E-state index in [1.807, 2.05) is 18.2 Å². The van der Waals surface area contributed by atoms with Crippen LogP contribution in [0.2, 0.25) is 0 Å². The minimum absolute atomic E-state index is 0.568. The molecule has 1 aromatic heterocycles. The van der Waals surface area contributed by atoms with Crippen LogP contribution in [0.25, 0.3) is 10.2 Å². The first kappa shape index (κ1) is 11.4. The molecular weight excluding hydrogens is 238 g/mol. The Morgan fingerprint density at radius 1 is 1.41 bits per heavy atom. The Hall–Kier alpha value is -2.06. The molecule has 5 heteroatoms. The summed E-state index contributed by atoms with van der Waals surface area (Å²) in [7, 11) is 2.90. The molecule has 0 saturated carbocycles. The summed E-state index contributed by atoms with van der Waals surface area (Å²) in [5, 5.41) is 0.582. The largest absolute Gasteiger partial charge is 0.497 e. The van der Waals surface area contributed by atoms with E-state index in [1.54, 1.807) is 7.11 Å². The second kappa shape index (κ2) is 4.85. The Kier molecular flexibility index (Phi) is 3.26. The van der Waals surface area contributed by atoms with E-state index >= 15 is 0 Å². The van der Waals surface area contributed by atoms with Crippen molar-refractivity contribution in [2.45, 2.75) is 0 Å². The van der Waals surface area contributed by atoms with Crippen LogP contribution in [-0.2, 0) is 9.53 Å². The van der Waals surface area contributed by atoms with Crippen molar-refractivity contribution in [3.63, 3.8) is 0 Å². The number of rotatable bonds is 1. The molecule has 1 heterocycles. The Balaban J connectivity index is 2.37. The third-order valence-electron chi connectivity index (χ3n) is 2.05. The van der Waals surface area contributed by atoms with Gasteiger partial charge in [0.05, 0.1) is 24.4 Å². The van der Waals surface area contributed by atoms with Crippen LogP contribution < -0.4 is 4.74 Å². The summed E-state index contributed by atoms with van der Waals surface area (Å²) in [5.41, 5.74) is 0.838. The molecule has 17 heavy (non-hydrogen) atoms. The zero-order chi connectivity index (χ0) is 12.3. The van der Waals surface area contributed by atoms with Crippen molar-refractivity contribution in [3.05, 3.63) is 23.2 Å². The second-order valence-corrected chi connectivity index (χ2v) is 4.12. The van der Waals surface area contributed by atoms with Crippen LogP contribution in [0.5, 0.6) is 5.75 Å². The predicted molar refractivity (Wildman–Crippen MR) is 65.1 cm³/mol. The molecular formula is C12H9NO3S. The molecule has 0 atom stereocenters. The van der Waals surface area contributed by atoms with Gasteiger partial charge in [-0.3, -0.25) is 0 Å². The summed E-state index contributed by atoms with van der Waals surface area (Å²) in [4.78, 5) is 15.1. The summed E-state index contributed by atoms with van der Waals surface area (Å²) in [5.74, 6) is 5.21. The molecule has 1 aromatic carbocycles. The van der Waals surface area contributed by atoms with Gasteiger partial charge in [0.25, 0.3) is 0 Å². The van der Waals surface area contributed by atoms with E-state index in [4.69, 9.17) is 4.74 Å². The van der Waals surface area contributed by atoms with Crippen molar-refractivity contribution in [1.82, 2.24) is 4.98 Å². The molecule has 0 amide bonds. The van der Waals surface area contributed by atoms with Gasteiger partial charge in [-0.2, -0.15) is 0 Å². The number of thiazole rings is 1. The number of fused-ring (bicyclic) bond motifs is 1. The molecule has 86 valence electrons. The Morgan fingerprint density at radius 2 is 2.24 bits per heavy atom. The highest BCUT2D eigenvalue weighted by Crippen LogP contribution is 2.25. The average Bonchev–Trinajstić information content (AvgIpc) is 2.77. The Labute approximate surface area is 102 Å². The summed E-state index contributed by atoms with van der Waals surface area (Å²) in [6.45, 7) is 0. The number of hydrogen-bond acceptors (Lipinski definition) is 5. The quantitative estimate of drug-likeness (QED) is 0.570. The van der Waals surface area contributed by atoms with E-state index < -0.39 is 5.97 Å². The second-order valence-electron chi connectivity index (χ2n) is 3.09. The van der Waals surface area contributed by atoms with Gasteiger partial charge in [-0.05, 0) is 24.1 Å². The molecule has 0 fully saturated rings. The summed E-state index contributed by atoms with van der Waals surface area (Å²) >= 11 is 1.41. The van der Waals surface area contributed by atoms with E-state index in [9.17, 15) is 4.79 Å². The summed E-state index contributed by atoms with van der Waals surface area (Å²) in [6, 6.07) is 5.57. The lowest BCUT2D eigenvalue weighted by molar-refractivity contribution is -0.133. The molecule has 0 N–H and O–H groups in total. The number of carbonyl (C=O) groups is 1. The number of benzene rings is 1. The Morgan fingerprint density at radius 3 is 2.94 bits per heavy atom. The number of methoxy groups -OCH3 is 2. The van der Waals surface area contributed by atoms with Gasteiger partial charge in [-0.15, -0.1) is 11.3 Å². The molecule has 0 spiro atoms. The molecule has 2 aromatic rings. The first-order valence-electron chi connectivity index (χ1n) is 4.77. The first-order valence-corrected chi connectivity index (χ1v) is 5.59. The molecule has 0 saturated heterocycles. The van der Waals surface area contributed by atoms with Gasteiger partial charge < -0.3 is 9.47 Å². The third-order valence-corrected chi connectivity index (χ3v) is 2.99. The molecule has 0 unspecified atom stereocenters. The lowest BCUT2D eigenvalue weighted by Gasteiger charge is -1.96. The zero-order valence-electron chi connectivity index (χ0n) is 9.31. The van der Waals surface area contributed by atoms with Crippen LogP contribution in [0.4, 0.5) is 0 Å². The fraction of sp³-hybridized carbons (Fsp3) is 0.167. The van der Waals surface area contributed by atoms with Crippen molar-refractivity contribution in [1.29, 1.82) is 0 Å². The van der Waals surface area contributed by atoms with E-state index in [0.29, 0.717) is 5.01 Å². The van der Waals surface area contributed by atoms with Crippen molar-refractivity contribution in [3.8, 4) is 17.6 Å². The van der Waals surface area contributed by atoms with Crippen LogP contribution >= 0.6 is 11.3 Å². The molecule has 0 radical (unpaired) electrons. The van der Waals surface area contributed by atoms with Gasteiger partial charge in [0.1, 0.15) is 5.75 Å². The van der Waals surface area contributed by atoms with Crippen LogP contribution in [0.3, 0.4) is 0 Å². The van der Waals surface area contributed by atoms with Crippen LogP contribution in [0.15, 0.2) is 18.2 Å². The highest BCUT2D eigenvalue weighted by Gasteiger charge is 2.03. The van der Waals surface area contributed by atoms with E-state index in [-0.39, 0.29) is 0 Å². The number of carbonyl (C=O) groups excluding carboxylic acids is 1. The van der Waals surface area contributed by atoms with Gasteiger partial charge in [0.2, 0.25) is 0 Å². The number of nitrogens with zero attached hydrogens (tertiary/aromatic N) is 1. The maximum absolute atomic E-state index is 10.9. The molecule has 0 aliphatic rings. The Bertz CT molecular complexity index is 621. The normalized spacial score (nSPS) is 9.53. The summed E-state index contributed by atoms with van der Waals surface area (Å²) in [6.07, 6.45) is 0. The topological polar surface area (TPSA) is 48.4 Å². The fourth-order valence-corrected chi connectivity index (χ4v) is 2.09. The summed E-state index contributed by atoms with van der Waals surface area (Å²) < 4.78 is 10.5. The zero-order valence-corrected chi connectivity index (χ0v) is 10.1. The smallest absolute Gasteiger partial charge is 0.384 e. The van der Waals surface area contributed by atoms with Crippen molar-refractivity contribution >= 4 is 27.5 Å². The van der Waals surface area contributed by atoms with Crippen molar-refractivity contribution in [2.24, 2.45) is 0 Å². The van der Waals surface area contributed by atoms with Gasteiger partial charge in [0, 0.05) is 5.92 Å². The highest BCUT2D eigenvalue weighted by atomic mass is 32.1. The predicted octanol–water partition coefficient (Wildman–Crippen LogP) is 1.83. The molecule has 2 rings (SSSR count). The number of hydrogen-bond donors (Lipinski definition) is 0. The first-order chi connectivity index (χ1) is 8.22. The maximum Gasteiger partial charge on any atom is 0.384 e. The van der Waals surface area contributed by atoms with Crippen molar-refractivity contribution in [2.75, 3.05) is 14.2 Å². The maximum atomic E-state index is 10.9. The van der Waals surface area contributed by atoms with Gasteiger partial charge >= 0.3 is 5.97 Å². The lowest BCUT2D eigenvalue weighted by atomic mass is 10.3. The SMILES string of the molecule is COC(=O)C#Cc1nc2ccc(OC)cc2s1. The van der Waals surface area contributed by atoms with Crippen LogP contribution in [0.1, 0.15) is 5.01 Å². The highest BCUT2D eigenvalue weighted by molar-refractivity contribution is 7.19. The van der Waals surface area contributed by atoms with Gasteiger partial charge in [0.15, 0.2) is 5.01 Å². The van der Waals surface area contributed by atoms with Crippen LogP contribution in [-0.4, -0.2) is 25.2 Å². The van der Waals surface area contributed by atoms with E-state index in [0.717, 1.165) is 16.0 Å². The third kappa shape index (κ3) is 2.55. The number of esters is 1. The van der Waals surface area contributed by atoms with E-state index in [1.165, 1.54) is 18.4 Å².